The SMILES string of the molecule is CCCN(CCN(CCC)CC(=O)OC(C)(C)C)CC(=O)NCc1ccc(/C(N)=C(/C)CC)c[c]1[Sn]([CH3])([CH3])[CH3]. The topological polar surface area (TPSA) is 87.9 Å². The number of ether oxygens (including phenoxy) is 1. The van der Waals surface area contributed by atoms with Crippen LogP contribution in [0.15, 0.2) is 23.8 Å². The molecule has 1 amide bonds. The van der Waals surface area contributed by atoms with Crippen LogP contribution < -0.4 is 14.6 Å². The number of carbonyl (C=O) groups excluding carboxylic acids is 2. The second-order valence-electron chi connectivity index (χ2n) is 12.6. The Morgan fingerprint density at radius 1 is 0.949 bits per heavy atom. The maximum absolute atomic E-state index is 13.0. The van der Waals surface area contributed by atoms with E-state index < -0.39 is 24.0 Å². The Kier molecular flexibility index (Phi) is 15.1. The first-order valence-corrected chi connectivity index (χ1v) is 24.6. The van der Waals surface area contributed by atoms with Crippen molar-refractivity contribution in [2.75, 3.05) is 39.3 Å². The van der Waals surface area contributed by atoms with Crippen LogP contribution in [0.4, 0.5) is 0 Å². The summed E-state index contributed by atoms with van der Waals surface area (Å²) in [4.78, 5) is 36.9. The molecule has 3 N–H and O–H groups in total. The molecule has 0 aliphatic rings. The van der Waals surface area contributed by atoms with Gasteiger partial charge in [-0.25, -0.2) is 0 Å². The second kappa shape index (κ2) is 16.6. The van der Waals surface area contributed by atoms with Crippen molar-refractivity contribution < 1.29 is 14.3 Å². The summed E-state index contributed by atoms with van der Waals surface area (Å²) >= 11 is -2.47. The maximum atomic E-state index is 13.0. The number of amides is 1. The number of hydrogen-bond donors (Lipinski definition) is 2. The molecule has 7 nitrogen and oxygen atoms in total. The zero-order valence-corrected chi connectivity index (χ0v) is 29.4. The van der Waals surface area contributed by atoms with Crippen molar-refractivity contribution in [2.45, 2.75) is 94.7 Å². The van der Waals surface area contributed by atoms with E-state index in [9.17, 15) is 9.59 Å². The van der Waals surface area contributed by atoms with Crippen LogP contribution in [0, 0.1) is 0 Å². The molecule has 0 unspecified atom stereocenters. The molecule has 39 heavy (non-hydrogen) atoms. The molecule has 1 aromatic carbocycles. The van der Waals surface area contributed by atoms with Gasteiger partial charge in [-0.3, -0.25) is 4.79 Å². The van der Waals surface area contributed by atoms with Gasteiger partial charge in [-0.15, -0.1) is 0 Å². The van der Waals surface area contributed by atoms with Gasteiger partial charge in [0.25, 0.3) is 0 Å². The normalized spacial score (nSPS) is 13.0. The van der Waals surface area contributed by atoms with Gasteiger partial charge >= 0.3 is 201 Å². The van der Waals surface area contributed by atoms with Crippen LogP contribution in [-0.2, 0) is 20.9 Å². The third-order valence-electron chi connectivity index (χ3n) is 6.65. The first-order chi connectivity index (χ1) is 18.1. The fourth-order valence-corrected chi connectivity index (χ4v) is 9.42. The van der Waals surface area contributed by atoms with E-state index in [2.05, 4.69) is 75.8 Å². The summed E-state index contributed by atoms with van der Waals surface area (Å²) in [5.74, 6) is -0.179. The van der Waals surface area contributed by atoms with E-state index in [1.54, 1.807) is 0 Å². The van der Waals surface area contributed by atoms with E-state index in [0.717, 1.165) is 56.7 Å². The molecule has 0 saturated carbocycles. The van der Waals surface area contributed by atoms with E-state index in [0.29, 0.717) is 13.1 Å². The molecule has 0 fully saturated rings. The molecule has 1 aromatic rings. The van der Waals surface area contributed by atoms with Gasteiger partial charge in [0.15, 0.2) is 0 Å². The summed E-state index contributed by atoms with van der Waals surface area (Å²) in [7, 11) is 0. The number of carbonyl (C=O) groups is 2. The summed E-state index contributed by atoms with van der Waals surface area (Å²) in [5, 5.41) is 3.18. The minimum absolute atomic E-state index is 0.0259. The Labute approximate surface area is 242 Å². The standard InChI is InChI=1S/C28H47N4O3.3CH3.Sn/c1-8-15-31(17-18-32(16-9-2)21-26(34)35-28(5,6)7)20-25(33)30-19-23-11-13-24(14-12-23)27(29)22(4)10-3;;;;/h11,13-14H,8-10,15-21,29H2,1-7H3,(H,30,33);3*1H3;/b27-22+;;;;. The van der Waals surface area contributed by atoms with Gasteiger partial charge in [-0.1, -0.05) is 6.92 Å². The monoisotopic (exact) mass is 652 g/mol. The number of nitrogens with zero attached hydrogens (tertiary/aromatic N) is 2. The zero-order valence-electron chi connectivity index (χ0n) is 26.5. The van der Waals surface area contributed by atoms with Gasteiger partial charge in [0, 0.05) is 0 Å². The third kappa shape index (κ3) is 13.6. The van der Waals surface area contributed by atoms with Crippen LogP contribution in [-0.4, -0.2) is 84.9 Å². The fraction of sp³-hybridized carbons (Fsp3) is 0.677. The van der Waals surface area contributed by atoms with Gasteiger partial charge in [-0.05, 0) is 20.8 Å². The summed E-state index contributed by atoms with van der Waals surface area (Å²) < 4.78 is 6.91. The molecule has 0 heterocycles. The van der Waals surface area contributed by atoms with Crippen molar-refractivity contribution in [3.8, 4) is 0 Å². The van der Waals surface area contributed by atoms with Crippen LogP contribution >= 0.6 is 0 Å². The van der Waals surface area contributed by atoms with Crippen molar-refractivity contribution in [3.05, 3.63) is 34.9 Å². The molecule has 222 valence electrons. The molecular formula is C31H56N4O3Sn. The summed E-state index contributed by atoms with van der Waals surface area (Å²) in [6.45, 7) is 18.4. The number of hydrogen-bond acceptors (Lipinski definition) is 6. The number of benzene rings is 1. The Balaban J connectivity index is 2.86. The van der Waals surface area contributed by atoms with Gasteiger partial charge in [0.05, 0.1) is 0 Å². The second-order valence-corrected chi connectivity index (χ2v) is 27.0. The third-order valence-corrected chi connectivity index (χ3v) is 12.6. The van der Waals surface area contributed by atoms with Crippen molar-refractivity contribution in [1.82, 2.24) is 15.1 Å². The van der Waals surface area contributed by atoms with E-state index >= 15 is 0 Å². The zero-order chi connectivity index (χ0) is 29.8. The van der Waals surface area contributed by atoms with Gasteiger partial charge in [0.2, 0.25) is 0 Å². The first-order valence-electron chi connectivity index (χ1n) is 14.6. The van der Waals surface area contributed by atoms with Crippen LogP contribution in [0.5, 0.6) is 0 Å². The average Bonchev–Trinajstić information content (AvgIpc) is 2.83. The van der Waals surface area contributed by atoms with Crippen molar-refractivity contribution >= 4 is 39.5 Å². The van der Waals surface area contributed by atoms with Crippen LogP contribution in [0.25, 0.3) is 5.70 Å². The fourth-order valence-electron chi connectivity index (χ4n) is 4.50. The molecule has 0 bridgehead atoms. The number of esters is 1. The number of nitrogens with one attached hydrogen (secondary N) is 1. The Morgan fingerprint density at radius 2 is 1.51 bits per heavy atom. The molecular weight excluding hydrogens is 595 g/mol. The Bertz CT molecular complexity index is 964. The summed E-state index contributed by atoms with van der Waals surface area (Å²) in [6, 6.07) is 6.50. The minimum atomic E-state index is -2.47. The van der Waals surface area contributed by atoms with Crippen molar-refractivity contribution in [3.63, 3.8) is 0 Å². The first kappa shape index (κ1) is 35.4. The average molecular weight is 652 g/mol. The molecule has 0 aromatic heterocycles. The molecule has 0 radical (unpaired) electrons. The number of allylic oxidation sites excluding steroid dienone is 1. The van der Waals surface area contributed by atoms with Gasteiger partial charge in [0.1, 0.15) is 5.60 Å². The van der Waals surface area contributed by atoms with E-state index in [1.807, 2.05) is 20.8 Å². The summed E-state index contributed by atoms with van der Waals surface area (Å²) in [6.07, 6.45) is 2.85. The molecule has 0 atom stereocenters. The number of nitrogens with two attached hydrogens (primary N) is 1. The quantitative estimate of drug-likeness (QED) is 0.199. The van der Waals surface area contributed by atoms with Gasteiger partial charge in [-0.2, -0.15) is 0 Å². The predicted octanol–water partition coefficient (Wildman–Crippen LogP) is 4.71. The Morgan fingerprint density at radius 3 is 2.00 bits per heavy atom. The van der Waals surface area contributed by atoms with E-state index in [1.165, 1.54) is 14.7 Å². The molecule has 0 spiro atoms. The predicted molar refractivity (Wildman–Crippen MR) is 168 cm³/mol. The molecule has 1 rings (SSSR count). The summed E-state index contributed by atoms with van der Waals surface area (Å²) in [5.41, 5.74) is 10.3. The van der Waals surface area contributed by atoms with Gasteiger partial charge < -0.3 is 4.74 Å². The molecule has 0 aliphatic carbocycles. The molecule has 0 saturated heterocycles. The van der Waals surface area contributed by atoms with Crippen LogP contribution in [0.2, 0.25) is 14.8 Å². The Hall–Kier alpha value is -1.58. The van der Waals surface area contributed by atoms with Crippen LogP contribution in [0.1, 0.15) is 78.9 Å². The van der Waals surface area contributed by atoms with Crippen LogP contribution in [0.3, 0.4) is 0 Å². The van der Waals surface area contributed by atoms with E-state index in [4.69, 9.17) is 10.5 Å². The number of rotatable bonds is 16. The molecule has 8 heteroatoms. The van der Waals surface area contributed by atoms with Crippen molar-refractivity contribution in [2.24, 2.45) is 5.73 Å². The van der Waals surface area contributed by atoms with E-state index in [-0.39, 0.29) is 18.4 Å². The molecule has 0 aliphatic heterocycles. The van der Waals surface area contributed by atoms with Crippen molar-refractivity contribution in [1.29, 1.82) is 0 Å².